The second-order valence-electron chi connectivity index (χ2n) is 6.66. The molecule has 1 rings (SSSR count). The van der Waals surface area contributed by atoms with Gasteiger partial charge in [0.2, 0.25) is 5.91 Å². The number of hydrogen-bond acceptors (Lipinski definition) is 2. The van der Waals surface area contributed by atoms with Crippen molar-refractivity contribution in [1.29, 1.82) is 0 Å². The minimum absolute atomic E-state index is 0.173. The van der Waals surface area contributed by atoms with Gasteiger partial charge in [0.05, 0.1) is 0 Å². The molecule has 0 radical (unpaired) electrons. The Kier molecular flexibility index (Phi) is 5.44. The zero-order valence-corrected chi connectivity index (χ0v) is 11.6. The van der Waals surface area contributed by atoms with Gasteiger partial charge in [-0.2, -0.15) is 0 Å². The summed E-state index contributed by atoms with van der Waals surface area (Å²) in [7, 11) is 0. The van der Waals surface area contributed by atoms with Crippen LogP contribution in [0.4, 0.5) is 0 Å². The summed E-state index contributed by atoms with van der Waals surface area (Å²) in [6.45, 7) is 7.99. The molecular weight excluding hydrogens is 212 g/mol. The zero-order valence-electron chi connectivity index (χ0n) is 11.6. The Bertz CT molecular complexity index is 237. The lowest BCUT2D eigenvalue weighted by Crippen LogP contribution is -2.34. The van der Waals surface area contributed by atoms with Gasteiger partial charge in [-0.3, -0.25) is 4.79 Å². The molecule has 0 heterocycles. The van der Waals surface area contributed by atoms with Crippen molar-refractivity contribution >= 4 is 5.91 Å². The lowest BCUT2D eigenvalue weighted by atomic mass is 9.80. The van der Waals surface area contributed by atoms with Crippen molar-refractivity contribution < 1.29 is 4.79 Å². The molecule has 0 spiro atoms. The fourth-order valence-electron chi connectivity index (χ4n) is 2.37. The maximum absolute atomic E-state index is 11.8. The van der Waals surface area contributed by atoms with Crippen LogP contribution in [0.5, 0.6) is 0 Å². The molecule has 0 saturated heterocycles. The lowest BCUT2D eigenvalue weighted by Gasteiger charge is -2.27. The third-order valence-electron chi connectivity index (χ3n) is 3.59. The highest BCUT2D eigenvalue weighted by Crippen LogP contribution is 2.30. The highest BCUT2D eigenvalue weighted by molar-refractivity contribution is 5.76. The Hall–Kier alpha value is -0.570. The predicted octanol–water partition coefficient (Wildman–Crippen LogP) is 2.30. The number of hydrogen-bond donors (Lipinski definition) is 2. The Morgan fingerprint density at radius 3 is 2.18 bits per heavy atom. The van der Waals surface area contributed by atoms with Gasteiger partial charge in [0.15, 0.2) is 0 Å². The average Bonchev–Trinajstić information content (AvgIpc) is 2.27. The van der Waals surface area contributed by atoms with Crippen LogP contribution in [0.25, 0.3) is 0 Å². The summed E-state index contributed by atoms with van der Waals surface area (Å²) in [6, 6.07) is 0. The summed E-state index contributed by atoms with van der Waals surface area (Å²) >= 11 is 0. The summed E-state index contributed by atoms with van der Waals surface area (Å²) in [5.41, 5.74) is 5.84. The molecule has 0 aromatic rings. The van der Waals surface area contributed by atoms with Crippen LogP contribution in [0.15, 0.2) is 0 Å². The van der Waals surface area contributed by atoms with Crippen LogP contribution in [0.2, 0.25) is 0 Å². The largest absolute Gasteiger partial charge is 0.356 e. The summed E-state index contributed by atoms with van der Waals surface area (Å²) in [5.74, 6) is 1.50. The molecular formula is C14H28N2O. The van der Waals surface area contributed by atoms with E-state index in [4.69, 9.17) is 5.73 Å². The SMILES string of the molecule is CC(C)(C)CNC(=O)CC1CCC(CN)CC1. The van der Waals surface area contributed by atoms with Gasteiger partial charge < -0.3 is 11.1 Å². The van der Waals surface area contributed by atoms with Crippen molar-refractivity contribution in [3.8, 4) is 0 Å². The molecule has 1 aliphatic rings. The molecule has 1 fully saturated rings. The second kappa shape index (κ2) is 6.39. The number of amides is 1. The van der Waals surface area contributed by atoms with Crippen molar-refractivity contribution in [2.75, 3.05) is 13.1 Å². The highest BCUT2D eigenvalue weighted by Gasteiger charge is 2.22. The number of carbonyl (C=O) groups is 1. The van der Waals surface area contributed by atoms with E-state index in [9.17, 15) is 4.79 Å². The van der Waals surface area contributed by atoms with Gasteiger partial charge in [-0.05, 0) is 49.5 Å². The highest BCUT2D eigenvalue weighted by atomic mass is 16.1. The first kappa shape index (κ1) is 14.5. The summed E-state index contributed by atoms with van der Waals surface area (Å²) in [6.07, 6.45) is 5.45. The molecule has 3 nitrogen and oxygen atoms in total. The minimum atomic E-state index is 0.173. The van der Waals surface area contributed by atoms with Crippen LogP contribution in [0.1, 0.15) is 52.9 Å². The van der Waals surface area contributed by atoms with Crippen molar-refractivity contribution in [3.05, 3.63) is 0 Å². The Balaban J connectivity index is 2.19. The number of nitrogens with one attached hydrogen (secondary N) is 1. The predicted molar refractivity (Wildman–Crippen MR) is 71.6 cm³/mol. The third kappa shape index (κ3) is 6.06. The van der Waals surface area contributed by atoms with E-state index in [1.165, 1.54) is 25.7 Å². The first-order valence-corrected chi connectivity index (χ1v) is 6.87. The Morgan fingerprint density at radius 1 is 1.18 bits per heavy atom. The van der Waals surface area contributed by atoms with Crippen LogP contribution in [-0.4, -0.2) is 19.0 Å². The number of nitrogens with two attached hydrogens (primary N) is 1. The van der Waals surface area contributed by atoms with Crippen LogP contribution in [0, 0.1) is 17.3 Å². The van der Waals surface area contributed by atoms with Crippen molar-refractivity contribution in [2.45, 2.75) is 52.9 Å². The van der Waals surface area contributed by atoms with Gasteiger partial charge in [-0.15, -0.1) is 0 Å². The van der Waals surface area contributed by atoms with Crippen LogP contribution in [-0.2, 0) is 4.79 Å². The molecule has 0 aromatic heterocycles. The third-order valence-corrected chi connectivity index (χ3v) is 3.59. The lowest BCUT2D eigenvalue weighted by molar-refractivity contribution is -0.122. The van der Waals surface area contributed by atoms with E-state index in [1.807, 2.05) is 0 Å². The normalized spacial score (nSPS) is 25.6. The van der Waals surface area contributed by atoms with E-state index in [2.05, 4.69) is 26.1 Å². The number of rotatable bonds is 4. The topological polar surface area (TPSA) is 55.1 Å². The summed E-state index contributed by atoms with van der Waals surface area (Å²) in [4.78, 5) is 11.8. The van der Waals surface area contributed by atoms with Crippen molar-refractivity contribution in [2.24, 2.45) is 23.0 Å². The van der Waals surface area contributed by atoms with Gasteiger partial charge in [0.1, 0.15) is 0 Å². The van der Waals surface area contributed by atoms with Gasteiger partial charge in [-0.25, -0.2) is 0 Å². The average molecular weight is 240 g/mol. The van der Waals surface area contributed by atoms with E-state index in [0.29, 0.717) is 18.3 Å². The van der Waals surface area contributed by atoms with Crippen LogP contribution >= 0.6 is 0 Å². The summed E-state index contributed by atoms with van der Waals surface area (Å²) in [5, 5.41) is 3.03. The second-order valence-corrected chi connectivity index (χ2v) is 6.66. The van der Waals surface area contributed by atoms with Gasteiger partial charge in [-0.1, -0.05) is 20.8 Å². The molecule has 100 valence electrons. The molecule has 0 aromatic carbocycles. The van der Waals surface area contributed by atoms with Gasteiger partial charge in [0, 0.05) is 13.0 Å². The fraction of sp³-hybridized carbons (Fsp3) is 0.929. The molecule has 1 amide bonds. The minimum Gasteiger partial charge on any atom is -0.356 e. The quantitative estimate of drug-likeness (QED) is 0.792. The monoisotopic (exact) mass is 240 g/mol. The zero-order chi connectivity index (χ0) is 12.9. The van der Waals surface area contributed by atoms with Crippen molar-refractivity contribution in [1.82, 2.24) is 5.32 Å². The maximum atomic E-state index is 11.8. The van der Waals surface area contributed by atoms with E-state index in [0.717, 1.165) is 13.1 Å². The Labute approximate surface area is 106 Å². The van der Waals surface area contributed by atoms with Gasteiger partial charge in [0.25, 0.3) is 0 Å². The summed E-state index contributed by atoms with van der Waals surface area (Å²) < 4.78 is 0. The van der Waals surface area contributed by atoms with E-state index in [1.54, 1.807) is 0 Å². The maximum Gasteiger partial charge on any atom is 0.220 e. The first-order valence-electron chi connectivity index (χ1n) is 6.87. The standard InChI is InChI=1S/C14H28N2O/c1-14(2,3)10-16-13(17)8-11-4-6-12(9-15)7-5-11/h11-12H,4-10,15H2,1-3H3,(H,16,17). The fourth-order valence-corrected chi connectivity index (χ4v) is 2.37. The molecule has 3 N–H and O–H groups in total. The van der Waals surface area contributed by atoms with Crippen molar-refractivity contribution in [3.63, 3.8) is 0 Å². The smallest absolute Gasteiger partial charge is 0.220 e. The molecule has 1 aliphatic carbocycles. The van der Waals surface area contributed by atoms with E-state index in [-0.39, 0.29) is 11.3 Å². The first-order chi connectivity index (χ1) is 7.90. The molecule has 3 heteroatoms. The molecule has 0 unspecified atom stereocenters. The molecule has 0 bridgehead atoms. The van der Waals surface area contributed by atoms with Crippen LogP contribution in [0.3, 0.4) is 0 Å². The molecule has 0 atom stereocenters. The Morgan fingerprint density at radius 2 is 1.71 bits per heavy atom. The molecule has 0 aliphatic heterocycles. The molecule has 1 saturated carbocycles. The molecule has 17 heavy (non-hydrogen) atoms. The number of carbonyl (C=O) groups excluding carboxylic acids is 1. The van der Waals surface area contributed by atoms with Gasteiger partial charge >= 0.3 is 0 Å². The van der Waals surface area contributed by atoms with E-state index >= 15 is 0 Å². The van der Waals surface area contributed by atoms with Crippen LogP contribution < -0.4 is 11.1 Å². The van der Waals surface area contributed by atoms with E-state index < -0.39 is 0 Å².